The summed E-state index contributed by atoms with van der Waals surface area (Å²) in [6.45, 7) is 1.05. The summed E-state index contributed by atoms with van der Waals surface area (Å²) in [5, 5.41) is 2.89. The van der Waals surface area contributed by atoms with Gasteiger partial charge in [0.2, 0.25) is 5.91 Å². The number of carbonyl (C=O) groups excluding carboxylic acids is 1. The average molecular weight is 338 g/mol. The Kier molecular flexibility index (Phi) is 3.97. The molecule has 0 spiro atoms. The third-order valence-corrected chi connectivity index (χ3v) is 4.42. The highest BCUT2D eigenvalue weighted by Crippen LogP contribution is 2.23. The van der Waals surface area contributed by atoms with E-state index >= 15 is 0 Å². The lowest BCUT2D eigenvalue weighted by Gasteiger charge is -2.24. The molecule has 7 heteroatoms. The molecular weight excluding hydrogens is 320 g/mol. The third kappa shape index (κ3) is 3.00. The van der Waals surface area contributed by atoms with Gasteiger partial charge in [-0.15, -0.1) is 0 Å². The van der Waals surface area contributed by atoms with Crippen LogP contribution in [-0.4, -0.2) is 27.9 Å². The zero-order valence-electron chi connectivity index (χ0n) is 13.6. The maximum absolute atomic E-state index is 12.6. The van der Waals surface area contributed by atoms with Gasteiger partial charge in [0.25, 0.3) is 5.56 Å². The summed E-state index contributed by atoms with van der Waals surface area (Å²) in [5.74, 6) is 1.18. The molecule has 1 aliphatic rings. The van der Waals surface area contributed by atoms with Crippen LogP contribution in [0.2, 0.25) is 0 Å². The molecule has 1 aliphatic heterocycles. The Hall–Kier alpha value is -3.09. The Morgan fingerprint density at radius 3 is 3.08 bits per heavy atom. The first kappa shape index (κ1) is 15.4. The molecule has 1 fully saturated rings. The number of aromatic nitrogens is 2. The predicted molar refractivity (Wildman–Crippen MR) is 92.4 cm³/mol. The zero-order valence-corrected chi connectivity index (χ0v) is 13.6. The summed E-state index contributed by atoms with van der Waals surface area (Å²) in [4.78, 5) is 31.3. The van der Waals surface area contributed by atoms with Gasteiger partial charge in [-0.25, -0.2) is 4.98 Å². The van der Waals surface area contributed by atoms with Gasteiger partial charge >= 0.3 is 0 Å². The number of furan rings is 1. The Bertz CT molecular complexity index is 948. The van der Waals surface area contributed by atoms with Gasteiger partial charge in [-0.1, -0.05) is 6.07 Å². The van der Waals surface area contributed by atoms with Crippen LogP contribution in [0.4, 0.5) is 5.82 Å². The average Bonchev–Trinajstić information content (AvgIpc) is 3.31. The van der Waals surface area contributed by atoms with Crippen molar-refractivity contribution in [2.24, 2.45) is 0 Å². The molecule has 3 aromatic rings. The van der Waals surface area contributed by atoms with E-state index in [4.69, 9.17) is 4.42 Å². The molecule has 0 saturated carbocycles. The van der Waals surface area contributed by atoms with E-state index in [-0.39, 0.29) is 17.5 Å². The first-order chi connectivity index (χ1) is 12.2. The molecule has 0 aliphatic carbocycles. The smallest absolute Gasteiger partial charge is 0.259 e. The van der Waals surface area contributed by atoms with Gasteiger partial charge in [-0.2, -0.15) is 0 Å². The number of hydrogen-bond acceptors (Lipinski definition) is 5. The molecule has 1 N–H and O–H groups in total. The van der Waals surface area contributed by atoms with Crippen molar-refractivity contribution >= 4 is 17.4 Å². The number of pyridine rings is 1. The van der Waals surface area contributed by atoms with Gasteiger partial charge in [-0.05, 0) is 37.1 Å². The van der Waals surface area contributed by atoms with Crippen molar-refractivity contribution in [3.8, 4) is 0 Å². The van der Waals surface area contributed by atoms with Gasteiger partial charge < -0.3 is 14.6 Å². The molecule has 1 amide bonds. The lowest BCUT2D eigenvalue weighted by Crippen LogP contribution is -2.43. The van der Waals surface area contributed by atoms with Crippen molar-refractivity contribution < 1.29 is 9.21 Å². The number of nitrogens with one attached hydrogen (secondary N) is 1. The Morgan fingerprint density at radius 2 is 2.24 bits per heavy atom. The first-order valence-electron chi connectivity index (χ1n) is 8.27. The highest BCUT2D eigenvalue weighted by Gasteiger charge is 2.32. The van der Waals surface area contributed by atoms with E-state index in [1.807, 2.05) is 17.0 Å². The number of fused-ring (bicyclic) bond motifs is 1. The van der Waals surface area contributed by atoms with E-state index < -0.39 is 0 Å². The molecule has 0 aromatic carbocycles. The lowest BCUT2D eigenvalue weighted by molar-refractivity contribution is -0.122. The maximum Gasteiger partial charge on any atom is 0.259 e. The van der Waals surface area contributed by atoms with E-state index in [1.54, 1.807) is 30.7 Å². The Labute approximate surface area is 143 Å². The molecule has 4 rings (SSSR count). The number of hydrogen-bond donors (Lipinski definition) is 1. The summed E-state index contributed by atoms with van der Waals surface area (Å²) in [6, 6.07) is 10.2. The Balaban J connectivity index is 1.56. The molecule has 128 valence electrons. The van der Waals surface area contributed by atoms with Crippen molar-refractivity contribution in [3.63, 3.8) is 0 Å². The van der Waals surface area contributed by atoms with Gasteiger partial charge in [-0.3, -0.25) is 14.0 Å². The number of nitrogens with zero attached hydrogens (tertiary/aromatic N) is 3. The second-order valence-corrected chi connectivity index (χ2v) is 6.03. The van der Waals surface area contributed by atoms with E-state index in [2.05, 4.69) is 10.3 Å². The minimum absolute atomic E-state index is 0.0797. The second-order valence-electron chi connectivity index (χ2n) is 6.03. The summed E-state index contributed by atoms with van der Waals surface area (Å²) in [7, 11) is 0. The first-order valence-corrected chi connectivity index (χ1v) is 8.27. The number of anilines is 1. The van der Waals surface area contributed by atoms with E-state index in [9.17, 15) is 9.59 Å². The summed E-state index contributed by atoms with van der Waals surface area (Å²) in [5.41, 5.74) is 0.425. The van der Waals surface area contributed by atoms with Crippen molar-refractivity contribution in [2.45, 2.75) is 25.4 Å². The predicted octanol–water partition coefficient (Wildman–Crippen LogP) is 1.57. The molecule has 0 radical (unpaired) electrons. The quantitative estimate of drug-likeness (QED) is 0.781. The van der Waals surface area contributed by atoms with Gasteiger partial charge in [0, 0.05) is 18.8 Å². The highest BCUT2D eigenvalue weighted by molar-refractivity contribution is 5.85. The van der Waals surface area contributed by atoms with Crippen LogP contribution in [0.5, 0.6) is 0 Å². The standard InChI is InChI=1S/C18H18N4O3/c23-17-11-16(20-15-7-1-2-8-22(15)17)21-9-3-6-14(21)18(24)19-12-13-5-4-10-25-13/h1-2,4-5,7-8,10-11,14H,3,6,9,12H2,(H,19,24)/t14-/m1/s1. The molecule has 25 heavy (non-hydrogen) atoms. The van der Waals surface area contributed by atoms with E-state index in [1.165, 1.54) is 10.5 Å². The Morgan fingerprint density at radius 1 is 1.32 bits per heavy atom. The molecule has 0 unspecified atom stereocenters. The summed E-state index contributed by atoms with van der Waals surface area (Å²) in [6.07, 6.45) is 4.89. The molecule has 1 saturated heterocycles. The molecule has 7 nitrogen and oxygen atoms in total. The number of rotatable bonds is 4. The number of carbonyl (C=O) groups is 1. The molecule has 0 bridgehead atoms. The fraction of sp³-hybridized carbons (Fsp3) is 0.278. The van der Waals surface area contributed by atoms with Crippen molar-refractivity contribution in [3.05, 3.63) is 65.0 Å². The van der Waals surface area contributed by atoms with Gasteiger partial charge in [0.15, 0.2) is 0 Å². The SMILES string of the molecule is O=C(NCc1ccco1)[C@H]1CCCN1c1cc(=O)n2ccccc2n1. The monoisotopic (exact) mass is 338 g/mol. The van der Waals surface area contributed by atoms with Crippen LogP contribution < -0.4 is 15.8 Å². The normalized spacial score (nSPS) is 17.1. The van der Waals surface area contributed by atoms with E-state index in [0.717, 1.165) is 12.8 Å². The van der Waals surface area contributed by atoms with Crippen molar-refractivity contribution in [2.75, 3.05) is 11.4 Å². The van der Waals surface area contributed by atoms with Crippen molar-refractivity contribution in [1.82, 2.24) is 14.7 Å². The minimum atomic E-state index is -0.326. The van der Waals surface area contributed by atoms with Crippen LogP contribution in [0, 0.1) is 0 Å². The molecule has 3 aromatic heterocycles. The van der Waals surface area contributed by atoms with Crippen molar-refractivity contribution in [1.29, 1.82) is 0 Å². The summed E-state index contributed by atoms with van der Waals surface area (Å²) < 4.78 is 6.73. The zero-order chi connectivity index (χ0) is 17.2. The largest absolute Gasteiger partial charge is 0.467 e. The topological polar surface area (TPSA) is 79.9 Å². The van der Waals surface area contributed by atoms with Crippen LogP contribution in [0.25, 0.3) is 5.65 Å². The highest BCUT2D eigenvalue weighted by atomic mass is 16.3. The number of amides is 1. The molecule has 1 atom stereocenters. The second kappa shape index (κ2) is 6.43. The fourth-order valence-corrected chi connectivity index (χ4v) is 3.21. The van der Waals surface area contributed by atoms with Gasteiger partial charge in [0.1, 0.15) is 23.3 Å². The third-order valence-electron chi connectivity index (χ3n) is 4.42. The van der Waals surface area contributed by atoms with Crippen LogP contribution >= 0.6 is 0 Å². The van der Waals surface area contributed by atoms with Crippen LogP contribution in [0.1, 0.15) is 18.6 Å². The molecule has 4 heterocycles. The lowest BCUT2D eigenvalue weighted by atomic mass is 10.2. The van der Waals surface area contributed by atoms with Gasteiger partial charge in [0.05, 0.1) is 12.8 Å². The minimum Gasteiger partial charge on any atom is -0.467 e. The fourth-order valence-electron chi connectivity index (χ4n) is 3.21. The van der Waals surface area contributed by atoms with Crippen LogP contribution in [0.15, 0.2) is 58.1 Å². The molecular formula is C18H18N4O3. The van der Waals surface area contributed by atoms with E-state index in [0.29, 0.717) is 30.3 Å². The maximum atomic E-state index is 12.6. The van der Waals surface area contributed by atoms with Crippen LogP contribution in [0.3, 0.4) is 0 Å². The summed E-state index contributed by atoms with van der Waals surface area (Å²) >= 11 is 0. The van der Waals surface area contributed by atoms with Crippen LogP contribution in [-0.2, 0) is 11.3 Å².